The average molecular weight is 413 g/mol. The molecule has 0 unspecified atom stereocenters. The van der Waals surface area contributed by atoms with Crippen LogP contribution in [0.5, 0.6) is 0 Å². The SMILES string of the molecule is Cc1ccc(C)c(NC(=O)CN(c2ccc(F)cc2)S(=O)(=O)c2cccnc2)c1. The fraction of sp³-hybridized carbons (Fsp3) is 0.143. The number of carbonyl (C=O) groups excluding carboxylic acids is 1. The first-order valence-electron chi connectivity index (χ1n) is 8.83. The first-order chi connectivity index (χ1) is 13.8. The molecule has 29 heavy (non-hydrogen) atoms. The van der Waals surface area contributed by atoms with Crippen LogP contribution >= 0.6 is 0 Å². The van der Waals surface area contributed by atoms with Crippen LogP contribution in [0.4, 0.5) is 15.8 Å². The Morgan fingerprint density at radius 3 is 2.48 bits per heavy atom. The lowest BCUT2D eigenvalue weighted by Gasteiger charge is -2.24. The van der Waals surface area contributed by atoms with Gasteiger partial charge in [0, 0.05) is 18.1 Å². The molecule has 3 aromatic rings. The molecule has 0 aliphatic carbocycles. The number of pyridine rings is 1. The summed E-state index contributed by atoms with van der Waals surface area (Å²) in [5, 5.41) is 2.75. The number of hydrogen-bond donors (Lipinski definition) is 1. The number of aryl methyl sites for hydroxylation is 2. The molecule has 2 aromatic carbocycles. The van der Waals surface area contributed by atoms with Crippen molar-refractivity contribution < 1.29 is 17.6 Å². The van der Waals surface area contributed by atoms with Crippen LogP contribution in [-0.4, -0.2) is 25.9 Å². The molecule has 1 N–H and O–H groups in total. The molecule has 0 fully saturated rings. The van der Waals surface area contributed by atoms with Crippen molar-refractivity contribution >= 4 is 27.3 Å². The summed E-state index contributed by atoms with van der Waals surface area (Å²) < 4.78 is 40.6. The van der Waals surface area contributed by atoms with E-state index < -0.39 is 28.3 Å². The molecule has 1 aromatic heterocycles. The fourth-order valence-electron chi connectivity index (χ4n) is 2.74. The molecule has 1 amide bonds. The largest absolute Gasteiger partial charge is 0.324 e. The Morgan fingerprint density at radius 2 is 1.83 bits per heavy atom. The molecule has 6 nitrogen and oxygen atoms in total. The molecule has 0 aliphatic rings. The Balaban J connectivity index is 1.94. The van der Waals surface area contributed by atoms with Crippen LogP contribution in [0.15, 0.2) is 71.9 Å². The second kappa shape index (κ2) is 8.40. The molecular formula is C21H20FN3O3S. The van der Waals surface area contributed by atoms with Gasteiger partial charge in [-0.15, -0.1) is 0 Å². The molecule has 0 bridgehead atoms. The zero-order valence-corrected chi connectivity index (χ0v) is 16.8. The van der Waals surface area contributed by atoms with Crippen molar-refractivity contribution in [2.24, 2.45) is 0 Å². The molecule has 1 heterocycles. The predicted molar refractivity (Wildman–Crippen MR) is 110 cm³/mol. The zero-order valence-electron chi connectivity index (χ0n) is 16.0. The van der Waals surface area contributed by atoms with Crippen molar-refractivity contribution in [3.8, 4) is 0 Å². The first-order valence-corrected chi connectivity index (χ1v) is 10.3. The molecule has 0 saturated heterocycles. The number of amides is 1. The van der Waals surface area contributed by atoms with Crippen molar-refractivity contribution in [1.82, 2.24) is 4.98 Å². The third-order valence-electron chi connectivity index (χ3n) is 4.29. The average Bonchev–Trinajstić information content (AvgIpc) is 2.70. The highest BCUT2D eigenvalue weighted by molar-refractivity contribution is 7.92. The van der Waals surface area contributed by atoms with Gasteiger partial charge in [0.25, 0.3) is 10.0 Å². The van der Waals surface area contributed by atoms with E-state index in [-0.39, 0.29) is 10.6 Å². The maximum atomic E-state index is 13.3. The van der Waals surface area contributed by atoms with E-state index in [9.17, 15) is 17.6 Å². The summed E-state index contributed by atoms with van der Waals surface area (Å²) in [5.41, 5.74) is 2.59. The molecule has 8 heteroatoms. The smallest absolute Gasteiger partial charge is 0.266 e. The third kappa shape index (κ3) is 4.78. The molecule has 0 radical (unpaired) electrons. The maximum absolute atomic E-state index is 13.3. The Hall–Kier alpha value is -3.26. The van der Waals surface area contributed by atoms with Gasteiger partial charge in [-0.1, -0.05) is 12.1 Å². The lowest BCUT2D eigenvalue weighted by molar-refractivity contribution is -0.114. The van der Waals surface area contributed by atoms with Gasteiger partial charge in [-0.05, 0) is 67.4 Å². The van der Waals surface area contributed by atoms with Gasteiger partial charge < -0.3 is 5.32 Å². The summed E-state index contributed by atoms with van der Waals surface area (Å²) in [6.07, 6.45) is 2.66. The van der Waals surface area contributed by atoms with E-state index in [1.807, 2.05) is 32.0 Å². The number of aromatic nitrogens is 1. The van der Waals surface area contributed by atoms with Gasteiger partial charge in [0.15, 0.2) is 0 Å². The lowest BCUT2D eigenvalue weighted by atomic mass is 10.1. The lowest BCUT2D eigenvalue weighted by Crippen LogP contribution is -2.38. The van der Waals surface area contributed by atoms with E-state index in [1.54, 1.807) is 0 Å². The summed E-state index contributed by atoms with van der Waals surface area (Å²) in [6, 6.07) is 13.4. The van der Waals surface area contributed by atoms with Crippen LogP contribution in [0.2, 0.25) is 0 Å². The summed E-state index contributed by atoms with van der Waals surface area (Å²) in [6.45, 7) is 3.27. The van der Waals surface area contributed by atoms with Gasteiger partial charge in [0.05, 0.1) is 5.69 Å². The van der Waals surface area contributed by atoms with E-state index in [1.165, 1.54) is 36.7 Å². The maximum Gasteiger partial charge on any atom is 0.266 e. The number of benzene rings is 2. The van der Waals surface area contributed by atoms with Gasteiger partial charge >= 0.3 is 0 Å². The van der Waals surface area contributed by atoms with Crippen LogP contribution in [0.3, 0.4) is 0 Å². The van der Waals surface area contributed by atoms with Gasteiger partial charge in [0.2, 0.25) is 5.91 Å². The minimum absolute atomic E-state index is 0.0659. The number of halogens is 1. The number of rotatable bonds is 6. The second-order valence-corrected chi connectivity index (χ2v) is 8.41. The van der Waals surface area contributed by atoms with Crippen molar-refractivity contribution in [2.75, 3.05) is 16.2 Å². The quantitative estimate of drug-likeness (QED) is 0.669. The topological polar surface area (TPSA) is 79.4 Å². The second-order valence-electron chi connectivity index (χ2n) is 6.54. The van der Waals surface area contributed by atoms with Crippen LogP contribution < -0.4 is 9.62 Å². The molecule has 3 rings (SSSR count). The summed E-state index contributed by atoms with van der Waals surface area (Å²) in [4.78, 5) is 16.5. The Morgan fingerprint density at radius 1 is 1.10 bits per heavy atom. The first kappa shape index (κ1) is 20.5. The predicted octanol–water partition coefficient (Wildman–Crippen LogP) is 3.67. The zero-order chi connectivity index (χ0) is 21.0. The summed E-state index contributed by atoms with van der Waals surface area (Å²) >= 11 is 0. The van der Waals surface area contributed by atoms with Crippen LogP contribution in [0.25, 0.3) is 0 Å². The van der Waals surface area contributed by atoms with Gasteiger partial charge in [-0.2, -0.15) is 0 Å². The molecule has 0 spiro atoms. The molecular weight excluding hydrogens is 393 g/mol. The van der Waals surface area contributed by atoms with Crippen molar-refractivity contribution in [1.29, 1.82) is 0 Å². The van der Waals surface area contributed by atoms with Gasteiger partial charge in [-0.25, -0.2) is 12.8 Å². The Kier molecular flexibility index (Phi) is 5.93. The van der Waals surface area contributed by atoms with Crippen LogP contribution in [0.1, 0.15) is 11.1 Å². The monoisotopic (exact) mass is 413 g/mol. The molecule has 0 atom stereocenters. The summed E-state index contributed by atoms with van der Waals surface area (Å²) in [7, 11) is -4.09. The van der Waals surface area contributed by atoms with E-state index >= 15 is 0 Å². The third-order valence-corrected chi connectivity index (χ3v) is 6.05. The van der Waals surface area contributed by atoms with Gasteiger partial charge in [-0.3, -0.25) is 14.1 Å². The number of nitrogens with one attached hydrogen (secondary N) is 1. The standard InChI is InChI=1S/C21H20FN3O3S/c1-15-5-6-16(2)20(12-15)24-21(26)14-25(18-9-7-17(22)8-10-18)29(27,28)19-4-3-11-23-13-19/h3-13H,14H2,1-2H3,(H,24,26). The highest BCUT2D eigenvalue weighted by atomic mass is 32.2. The van der Waals surface area contributed by atoms with Crippen molar-refractivity contribution in [3.63, 3.8) is 0 Å². The fourth-order valence-corrected chi connectivity index (χ4v) is 4.13. The van der Waals surface area contributed by atoms with E-state index in [0.29, 0.717) is 5.69 Å². The number of hydrogen-bond acceptors (Lipinski definition) is 4. The van der Waals surface area contributed by atoms with Gasteiger partial charge in [0.1, 0.15) is 17.3 Å². The Bertz CT molecular complexity index is 1120. The molecule has 150 valence electrons. The van der Waals surface area contributed by atoms with E-state index in [2.05, 4.69) is 10.3 Å². The van der Waals surface area contributed by atoms with Crippen molar-refractivity contribution in [2.45, 2.75) is 18.7 Å². The molecule has 0 aliphatic heterocycles. The summed E-state index contributed by atoms with van der Waals surface area (Å²) in [5.74, 6) is -1.03. The highest BCUT2D eigenvalue weighted by Gasteiger charge is 2.27. The minimum atomic E-state index is -4.09. The van der Waals surface area contributed by atoms with E-state index in [0.717, 1.165) is 27.6 Å². The van der Waals surface area contributed by atoms with Crippen LogP contribution in [0, 0.1) is 19.7 Å². The minimum Gasteiger partial charge on any atom is -0.324 e. The normalized spacial score (nSPS) is 11.1. The Labute approximate surface area is 169 Å². The number of carbonyl (C=O) groups is 1. The van der Waals surface area contributed by atoms with Crippen LogP contribution in [-0.2, 0) is 14.8 Å². The highest BCUT2D eigenvalue weighted by Crippen LogP contribution is 2.24. The van der Waals surface area contributed by atoms with E-state index in [4.69, 9.17) is 0 Å². The molecule has 0 saturated carbocycles. The van der Waals surface area contributed by atoms with Crippen molar-refractivity contribution in [3.05, 3.63) is 83.9 Å². The number of sulfonamides is 1. The number of nitrogens with zero attached hydrogens (tertiary/aromatic N) is 2. The number of anilines is 2.